The Kier molecular flexibility index (Phi) is 4.19. The minimum Gasteiger partial charge on any atom is -0.462 e. The standard InChI is InChI=1S/C13H18O5/c1-8-10(14)12(16-2)11(15)13(17-8)18-9-6-4-3-5-7-9/h3-8,10-15H,1-2H3/t8-,10+,11-,12+,13+/m0/s1. The first-order valence-electron chi connectivity index (χ1n) is 5.89. The fraction of sp³-hybridized carbons (Fsp3) is 0.538. The highest BCUT2D eigenvalue weighted by Crippen LogP contribution is 2.25. The Morgan fingerprint density at radius 1 is 1.11 bits per heavy atom. The van der Waals surface area contributed by atoms with Crippen LogP contribution in [0.25, 0.3) is 0 Å². The third-order valence-corrected chi connectivity index (χ3v) is 3.05. The number of ether oxygens (including phenoxy) is 3. The number of para-hydroxylation sites is 1. The Morgan fingerprint density at radius 3 is 2.39 bits per heavy atom. The van der Waals surface area contributed by atoms with Gasteiger partial charge in [-0.25, -0.2) is 0 Å². The summed E-state index contributed by atoms with van der Waals surface area (Å²) in [5.41, 5.74) is 0. The largest absolute Gasteiger partial charge is 0.462 e. The first-order valence-corrected chi connectivity index (χ1v) is 5.89. The Balaban J connectivity index is 2.08. The molecule has 0 bridgehead atoms. The first-order chi connectivity index (χ1) is 8.63. The predicted octanol–water partition coefficient (Wildman–Crippen LogP) is 0.547. The van der Waals surface area contributed by atoms with E-state index >= 15 is 0 Å². The maximum atomic E-state index is 10.0. The van der Waals surface area contributed by atoms with Crippen molar-refractivity contribution in [1.82, 2.24) is 0 Å². The molecule has 1 aromatic rings. The van der Waals surface area contributed by atoms with Crippen molar-refractivity contribution in [3.63, 3.8) is 0 Å². The molecule has 1 aliphatic heterocycles. The number of methoxy groups -OCH3 is 1. The second-order valence-corrected chi connectivity index (χ2v) is 4.32. The number of rotatable bonds is 3. The van der Waals surface area contributed by atoms with Gasteiger partial charge < -0.3 is 24.4 Å². The molecule has 100 valence electrons. The van der Waals surface area contributed by atoms with Gasteiger partial charge in [0, 0.05) is 7.11 Å². The van der Waals surface area contributed by atoms with E-state index in [4.69, 9.17) is 14.2 Å². The van der Waals surface area contributed by atoms with Gasteiger partial charge in [0.25, 0.3) is 0 Å². The molecule has 1 heterocycles. The van der Waals surface area contributed by atoms with Gasteiger partial charge in [0.1, 0.15) is 24.1 Å². The lowest BCUT2D eigenvalue weighted by atomic mass is 10.00. The van der Waals surface area contributed by atoms with E-state index in [0.29, 0.717) is 5.75 Å². The molecule has 18 heavy (non-hydrogen) atoms. The smallest absolute Gasteiger partial charge is 0.229 e. The molecular formula is C13H18O5. The molecule has 0 amide bonds. The second kappa shape index (κ2) is 5.67. The van der Waals surface area contributed by atoms with Crippen LogP contribution >= 0.6 is 0 Å². The number of hydrogen-bond donors (Lipinski definition) is 2. The summed E-state index contributed by atoms with van der Waals surface area (Å²) in [6.07, 6.45) is -3.95. The summed E-state index contributed by atoms with van der Waals surface area (Å²) < 4.78 is 16.1. The molecule has 5 heteroatoms. The van der Waals surface area contributed by atoms with E-state index in [-0.39, 0.29) is 0 Å². The predicted molar refractivity (Wildman–Crippen MR) is 64.2 cm³/mol. The lowest BCUT2D eigenvalue weighted by molar-refractivity contribution is -0.272. The molecule has 0 saturated carbocycles. The summed E-state index contributed by atoms with van der Waals surface area (Å²) in [5, 5.41) is 19.9. The number of benzene rings is 1. The van der Waals surface area contributed by atoms with Crippen molar-refractivity contribution in [3.05, 3.63) is 30.3 Å². The maximum Gasteiger partial charge on any atom is 0.229 e. The topological polar surface area (TPSA) is 68.2 Å². The van der Waals surface area contributed by atoms with Crippen molar-refractivity contribution in [3.8, 4) is 5.75 Å². The summed E-state index contributed by atoms with van der Waals surface area (Å²) in [6.45, 7) is 1.71. The van der Waals surface area contributed by atoms with Crippen LogP contribution in [0.15, 0.2) is 30.3 Å². The van der Waals surface area contributed by atoms with E-state index < -0.39 is 30.7 Å². The highest BCUT2D eigenvalue weighted by Gasteiger charge is 2.44. The van der Waals surface area contributed by atoms with Crippen LogP contribution in [0, 0.1) is 0 Å². The van der Waals surface area contributed by atoms with Gasteiger partial charge in [-0.05, 0) is 19.1 Å². The SMILES string of the molecule is CO[C@H]1[C@H](O)[C@@H](Oc2ccccc2)O[C@@H](C)[C@H]1O. The van der Waals surface area contributed by atoms with Crippen LogP contribution in [0.1, 0.15) is 6.92 Å². The number of aliphatic hydroxyl groups is 2. The third kappa shape index (κ3) is 2.64. The molecule has 1 aliphatic rings. The first kappa shape index (κ1) is 13.3. The Labute approximate surface area is 106 Å². The molecule has 1 saturated heterocycles. The zero-order chi connectivity index (χ0) is 13.1. The van der Waals surface area contributed by atoms with E-state index in [0.717, 1.165) is 0 Å². The quantitative estimate of drug-likeness (QED) is 0.824. The van der Waals surface area contributed by atoms with Gasteiger partial charge in [-0.15, -0.1) is 0 Å². The van der Waals surface area contributed by atoms with Crippen LogP contribution in [0.4, 0.5) is 0 Å². The summed E-state index contributed by atoms with van der Waals surface area (Å²) in [7, 11) is 1.44. The van der Waals surface area contributed by atoms with Gasteiger partial charge in [0.2, 0.25) is 6.29 Å². The molecular weight excluding hydrogens is 236 g/mol. The van der Waals surface area contributed by atoms with Crippen molar-refractivity contribution in [1.29, 1.82) is 0 Å². The Morgan fingerprint density at radius 2 is 1.78 bits per heavy atom. The molecule has 2 N–H and O–H groups in total. The summed E-state index contributed by atoms with van der Waals surface area (Å²) >= 11 is 0. The summed E-state index contributed by atoms with van der Waals surface area (Å²) in [4.78, 5) is 0. The molecule has 0 unspecified atom stereocenters. The van der Waals surface area contributed by atoms with E-state index in [1.807, 2.05) is 18.2 Å². The monoisotopic (exact) mass is 254 g/mol. The van der Waals surface area contributed by atoms with E-state index in [1.165, 1.54) is 7.11 Å². The van der Waals surface area contributed by atoms with E-state index in [9.17, 15) is 10.2 Å². The lowest BCUT2D eigenvalue weighted by Crippen LogP contribution is -2.58. The van der Waals surface area contributed by atoms with Crippen molar-refractivity contribution in [2.75, 3.05) is 7.11 Å². The molecule has 1 aromatic carbocycles. The Bertz CT molecular complexity index is 369. The zero-order valence-corrected chi connectivity index (χ0v) is 10.4. The van der Waals surface area contributed by atoms with Gasteiger partial charge in [-0.3, -0.25) is 0 Å². The maximum absolute atomic E-state index is 10.0. The molecule has 0 aromatic heterocycles. The normalized spacial score (nSPS) is 36.3. The van der Waals surface area contributed by atoms with Gasteiger partial charge >= 0.3 is 0 Å². The minimum absolute atomic E-state index is 0.466. The van der Waals surface area contributed by atoms with Gasteiger partial charge in [0.05, 0.1) is 6.10 Å². The highest BCUT2D eigenvalue weighted by atomic mass is 16.7. The molecule has 5 nitrogen and oxygen atoms in total. The van der Waals surface area contributed by atoms with Crippen molar-refractivity contribution in [2.24, 2.45) is 0 Å². The van der Waals surface area contributed by atoms with E-state index in [2.05, 4.69) is 0 Å². The lowest BCUT2D eigenvalue weighted by Gasteiger charge is -2.40. The summed E-state index contributed by atoms with van der Waals surface area (Å²) in [5.74, 6) is 0.597. The Hall–Kier alpha value is -1.14. The fourth-order valence-corrected chi connectivity index (χ4v) is 2.01. The second-order valence-electron chi connectivity index (χ2n) is 4.32. The average molecular weight is 254 g/mol. The zero-order valence-electron chi connectivity index (χ0n) is 10.4. The van der Waals surface area contributed by atoms with Crippen LogP contribution < -0.4 is 4.74 Å². The minimum atomic E-state index is -1.04. The molecule has 2 rings (SSSR count). The number of hydrogen-bond acceptors (Lipinski definition) is 5. The molecule has 1 fully saturated rings. The highest BCUT2D eigenvalue weighted by molar-refractivity contribution is 5.21. The third-order valence-electron chi connectivity index (χ3n) is 3.05. The van der Waals surface area contributed by atoms with Crippen molar-refractivity contribution in [2.45, 2.75) is 37.6 Å². The molecule has 0 spiro atoms. The van der Waals surface area contributed by atoms with Crippen LogP contribution in [0.3, 0.4) is 0 Å². The van der Waals surface area contributed by atoms with Crippen LogP contribution in [0.5, 0.6) is 5.75 Å². The van der Waals surface area contributed by atoms with Gasteiger partial charge in [-0.1, -0.05) is 18.2 Å². The van der Waals surface area contributed by atoms with Gasteiger partial charge in [-0.2, -0.15) is 0 Å². The van der Waals surface area contributed by atoms with Crippen LogP contribution in [-0.2, 0) is 9.47 Å². The molecule has 0 aliphatic carbocycles. The van der Waals surface area contributed by atoms with Crippen molar-refractivity contribution >= 4 is 0 Å². The van der Waals surface area contributed by atoms with Crippen LogP contribution in [0.2, 0.25) is 0 Å². The van der Waals surface area contributed by atoms with Crippen LogP contribution in [-0.4, -0.2) is 48.0 Å². The van der Waals surface area contributed by atoms with Gasteiger partial charge in [0.15, 0.2) is 0 Å². The number of aliphatic hydroxyl groups excluding tert-OH is 2. The molecule has 0 radical (unpaired) electrons. The average Bonchev–Trinajstić information content (AvgIpc) is 2.38. The summed E-state index contributed by atoms with van der Waals surface area (Å²) in [6, 6.07) is 9.07. The van der Waals surface area contributed by atoms with Crippen molar-refractivity contribution < 1.29 is 24.4 Å². The van der Waals surface area contributed by atoms with E-state index in [1.54, 1.807) is 19.1 Å². The fourth-order valence-electron chi connectivity index (χ4n) is 2.01. The molecule has 5 atom stereocenters.